The molecule has 7 nitrogen and oxygen atoms in total. The molecule has 2 aromatic rings. The molecule has 2 rings (SSSR count). The van der Waals surface area contributed by atoms with Crippen LogP contribution in [0.25, 0.3) is 0 Å². The number of nitrogens with one attached hydrogen (secondary N) is 2. The van der Waals surface area contributed by atoms with Crippen molar-refractivity contribution in [1.29, 1.82) is 0 Å². The molecule has 0 bridgehead atoms. The third-order valence-electron chi connectivity index (χ3n) is 4.24. The van der Waals surface area contributed by atoms with Gasteiger partial charge in [-0.3, -0.25) is 4.79 Å². The van der Waals surface area contributed by atoms with Crippen LogP contribution in [0, 0.1) is 0 Å². The van der Waals surface area contributed by atoms with Crippen LogP contribution in [0.5, 0.6) is 11.5 Å². The van der Waals surface area contributed by atoms with Crippen molar-refractivity contribution in [3.63, 3.8) is 0 Å². The number of carbonyl (C=O) groups is 1. The molecule has 0 aliphatic rings. The second-order valence-corrected chi connectivity index (χ2v) is 8.34. The number of sulfonamides is 1. The molecular formula is C20H26N2O5S. The number of methoxy groups -OCH3 is 2. The highest BCUT2D eigenvalue weighted by Crippen LogP contribution is 2.29. The van der Waals surface area contributed by atoms with E-state index in [2.05, 4.69) is 23.9 Å². The van der Waals surface area contributed by atoms with Crippen molar-refractivity contribution in [2.75, 3.05) is 19.5 Å². The van der Waals surface area contributed by atoms with Gasteiger partial charge < -0.3 is 14.8 Å². The smallest absolute Gasteiger partial charge is 0.242 e. The second kappa shape index (κ2) is 9.07. The van der Waals surface area contributed by atoms with Gasteiger partial charge in [0.25, 0.3) is 0 Å². The van der Waals surface area contributed by atoms with Crippen LogP contribution >= 0.6 is 0 Å². The van der Waals surface area contributed by atoms with E-state index in [4.69, 9.17) is 9.47 Å². The lowest BCUT2D eigenvalue weighted by Gasteiger charge is -2.16. The number of anilines is 1. The number of rotatable bonds is 8. The van der Waals surface area contributed by atoms with Crippen molar-refractivity contribution in [3.05, 3.63) is 48.0 Å². The Morgan fingerprint density at radius 3 is 2.07 bits per heavy atom. The molecule has 0 aliphatic heterocycles. The lowest BCUT2D eigenvalue weighted by atomic mass is 10.0. The number of hydrogen-bond donors (Lipinski definition) is 2. The van der Waals surface area contributed by atoms with Gasteiger partial charge >= 0.3 is 0 Å². The van der Waals surface area contributed by atoms with Gasteiger partial charge in [-0.15, -0.1) is 0 Å². The Bertz CT molecular complexity index is 924. The summed E-state index contributed by atoms with van der Waals surface area (Å²) in [7, 11) is -1.04. The van der Waals surface area contributed by atoms with Crippen molar-refractivity contribution in [2.24, 2.45) is 0 Å². The molecule has 0 aromatic heterocycles. The third-order valence-corrected chi connectivity index (χ3v) is 5.77. The minimum Gasteiger partial charge on any atom is -0.493 e. The summed E-state index contributed by atoms with van der Waals surface area (Å²) in [6.45, 7) is 5.65. The first-order valence-electron chi connectivity index (χ1n) is 8.83. The zero-order valence-electron chi connectivity index (χ0n) is 16.6. The predicted octanol–water partition coefficient (Wildman–Crippen LogP) is 3.13. The minimum atomic E-state index is -3.92. The molecule has 0 aliphatic carbocycles. The van der Waals surface area contributed by atoms with E-state index in [0.29, 0.717) is 17.4 Å². The van der Waals surface area contributed by atoms with Gasteiger partial charge in [0.15, 0.2) is 11.5 Å². The van der Waals surface area contributed by atoms with E-state index >= 15 is 0 Å². The van der Waals surface area contributed by atoms with Crippen LogP contribution in [-0.2, 0) is 14.8 Å². The first-order valence-corrected chi connectivity index (χ1v) is 10.3. The van der Waals surface area contributed by atoms with Gasteiger partial charge in [-0.25, -0.2) is 8.42 Å². The van der Waals surface area contributed by atoms with E-state index in [1.165, 1.54) is 39.3 Å². The SMILES string of the molecule is COc1ccc(S(=O)(=O)NC(C)C(=O)Nc2ccc(C(C)C)cc2)cc1OC. The molecule has 0 saturated heterocycles. The van der Waals surface area contributed by atoms with Gasteiger partial charge in [-0.1, -0.05) is 26.0 Å². The van der Waals surface area contributed by atoms with Crippen molar-refractivity contribution < 1.29 is 22.7 Å². The van der Waals surface area contributed by atoms with Crippen LogP contribution in [0.2, 0.25) is 0 Å². The largest absolute Gasteiger partial charge is 0.493 e. The molecule has 152 valence electrons. The first kappa shape index (κ1) is 21.7. The maximum absolute atomic E-state index is 12.6. The number of benzene rings is 2. The molecule has 28 heavy (non-hydrogen) atoms. The van der Waals surface area contributed by atoms with E-state index in [0.717, 1.165) is 5.56 Å². The number of carbonyl (C=O) groups excluding carboxylic acids is 1. The Balaban J connectivity index is 2.09. The molecule has 1 atom stereocenters. The molecular weight excluding hydrogens is 380 g/mol. The lowest BCUT2D eigenvalue weighted by molar-refractivity contribution is -0.117. The summed E-state index contributed by atoms with van der Waals surface area (Å²) < 4.78 is 37.8. The van der Waals surface area contributed by atoms with E-state index in [9.17, 15) is 13.2 Å². The highest BCUT2D eigenvalue weighted by Gasteiger charge is 2.23. The zero-order chi connectivity index (χ0) is 20.9. The Hall–Kier alpha value is -2.58. The summed E-state index contributed by atoms with van der Waals surface area (Å²) in [6, 6.07) is 10.7. The summed E-state index contributed by atoms with van der Waals surface area (Å²) >= 11 is 0. The molecule has 1 unspecified atom stereocenters. The van der Waals surface area contributed by atoms with Crippen LogP contribution in [-0.4, -0.2) is 34.6 Å². The summed E-state index contributed by atoms with van der Waals surface area (Å²) in [6.07, 6.45) is 0. The summed E-state index contributed by atoms with van der Waals surface area (Å²) in [5, 5.41) is 2.71. The average molecular weight is 407 g/mol. The van der Waals surface area contributed by atoms with Crippen molar-refractivity contribution >= 4 is 21.6 Å². The Morgan fingerprint density at radius 2 is 1.54 bits per heavy atom. The number of amides is 1. The molecule has 0 saturated carbocycles. The fourth-order valence-electron chi connectivity index (χ4n) is 2.54. The molecule has 1 amide bonds. The molecule has 0 radical (unpaired) electrons. The normalized spacial score (nSPS) is 12.5. The predicted molar refractivity (Wildman–Crippen MR) is 108 cm³/mol. The van der Waals surface area contributed by atoms with E-state index in [1.807, 2.05) is 12.1 Å². The van der Waals surface area contributed by atoms with E-state index < -0.39 is 22.0 Å². The molecule has 0 spiro atoms. The van der Waals surface area contributed by atoms with Crippen LogP contribution in [0.15, 0.2) is 47.4 Å². The Labute approximate surface area is 166 Å². The van der Waals surface area contributed by atoms with Gasteiger partial charge in [0.2, 0.25) is 15.9 Å². The maximum Gasteiger partial charge on any atom is 0.242 e. The first-order chi connectivity index (χ1) is 13.2. The van der Waals surface area contributed by atoms with Gasteiger partial charge in [0.05, 0.1) is 25.2 Å². The van der Waals surface area contributed by atoms with Crippen LogP contribution in [0.3, 0.4) is 0 Å². The average Bonchev–Trinajstić information content (AvgIpc) is 2.67. The Kier molecular flexibility index (Phi) is 7.04. The fraction of sp³-hybridized carbons (Fsp3) is 0.350. The van der Waals surface area contributed by atoms with E-state index in [1.54, 1.807) is 12.1 Å². The third kappa shape index (κ3) is 5.24. The highest BCUT2D eigenvalue weighted by molar-refractivity contribution is 7.89. The van der Waals surface area contributed by atoms with Gasteiger partial charge in [0.1, 0.15) is 0 Å². The topological polar surface area (TPSA) is 93.7 Å². The highest BCUT2D eigenvalue weighted by atomic mass is 32.2. The second-order valence-electron chi connectivity index (χ2n) is 6.63. The molecule has 0 fully saturated rings. The van der Waals surface area contributed by atoms with Crippen LogP contribution in [0.1, 0.15) is 32.3 Å². The van der Waals surface area contributed by atoms with Gasteiger partial charge in [0, 0.05) is 11.8 Å². The van der Waals surface area contributed by atoms with Crippen LogP contribution < -0.4 is 19.5 Å². The van der Waals surface area contributed by atoms with Crippen LogP contribution in [0.4, 0.5) is 5.69 Å². The summed E-state index contributed by atoms with van der Waals surface area (Å²) in [4.78, 5) is 12.4. The number of ether oxygens (including phenoxy) is 2. The maximum atomic E-state index is 12.6. The van der Waals surface area contributed by atoms with Crippen molar-refractivity contribution in [3.8, 4) is 11.5 Å². The number of hydrogen-bond acceptors (Lipinski definition) is 5. The summed E-state index contributed by atoms with van der Waals surface area (Å²) in [5.74, 6) is 0.628. The van der Waals surface area contributed by atoms with Crippen molar-refractivity contribution in [2.45, 2.75) is 37.6 Å². The summed E-state index contributed by atoms with van der Waals surface area (Å²) in [5.41, 5.74) is 1.76. The minimum absolute atomic E-state index is 0.0221. The lowest BCUT2D eigenvalue weighted by Crippen LogP contribution is -2.41. The fourth-order valence-corrected chi connectivity index (χ4v) is 3.76. The van der Waals surface area contributed by atoms with Gasteiger partial charge in [-0.05, 0) is 42.7 Å². The molecule has 2 N–H and O–H groups in total. The van der Waals surface area contributed by atoms with Crippen molar-refractivity contribution in [1.82, 2.24) is 4.72 Å². The quantitative estimate of drug-likeness (QED) is 0.702. The van der Waals surface area contributed by atoms with Gasteiger partial charge in [-0.2, -0.15) is 4.72 Å². The molecule has 8 heteroatoms. The standard InChI is InChI=1S/C20H26N2O5S/c1-13(2)15-6-8-16(9-7-15)21-20(23)14(3)22-28(24,25)17-10-11-18(26-4)19(12-17)27-5/h6-14,22H,1-5H3,(H,21,23). The Morgan fingerprint density at radius 1 is 0.929 bits per heavy atom. The monoisotopic (exact) mass is 406 g/mol. The zero-order valence-corrected chi connectivity index (χ0v) is 17.5. The van der Waals surface area contributed by atoms with E-state index in [-0.39, 0.29) is 10.6 Å². The molecule has 0 heterocycles. The molecule has 2 aromatic carbocycles.